The number of aliphatic hydroxyl groups is 1. The number of carbonyl (C=O) groups is 5. The first-order valence-corrected chi connectivity index (χ1v) is 9.25. The SMILES string of the molecule is CC(NC(=O)C(N)CCC(=O)O)C(=O)N1CCCC1C(=O)NC(C(=O)O)C(C)O. The molecule has 0 aliphatic carbocycles. The molecule has 3 amide bonds. The van der Waals surface area contributed by atoms with Gasteiger partial charge < -0.3 is 36.6 Å². The number of aliphatic carboxylic acids is 2. The van der Waals surface area contributed by atoms with Crippen LogP contribution in [0.15, 0.2) is 0 Å². The second-order valence-corrected chi connectivity index (χ2v) is 7.02. The molecule has 0 bridgehead atoms. The zero-order valence-electron chi connectivity index (χ0n) is 16.3. The fourth-order valence-corrected chi connectivity index (χ4v) is 2.98. The van der Waals surface area contributed by atoms with Gasteiger partial charge in [-0.25, -0.2) is 4.79 Å². The van der Waals surface area contributed by atoms with Crippen molar-refractivity contribution in [2.24, 2.45) is 5.73 Å². The van der Waals surface area contributed by atoms with Crippen LogP contribution in [-0.2, 0) is 24.0 Å². The largest absolute Gasteiger partial charge is 0.481 e. The smallest absolute Gasteiger partial charge is 0.328 e. The molecule has 0 saturated carbocycles. The van der Waals surface area contributed by atoms with Crippen molar-refractivity contribution in [3.63, 3.8) is 0 Å². The lowest BCUT2D eigenvalue weighted by molar-refractivity contribution is -0.147. The third-order valence-electron chi connectivity index (χ3n) is 4.62. The number of rotatable bonds is 10. The predicted octanol–water partition coefficient (Wildman–Crippen LogP) is -2.38. The van der Waals surface area contributed by atoms with Crippen LogP contribution in [0.2, 0.25) is 0 Å². The van der Waals surface area contributed by atoms with Gasteiger partial charge in [0, 0.05) is 13.0 Å². The number of carboxylic acid groups (broad SMARTS) is 2. The maximum atomic E-state index is 12.7. The molecule has 164 valence electrons. The fraction of sp³-hybridized carbons (Fsp3) is 0.706. The minimum atomic E-state index is -1.51. The van der Waals surface area contributed by atoms with E-state index in [4.69, 9.17) is 15.9 Å². The third kappa shape index (κ3) is 6.98. The quantitative estimate of drug-likeness (QED) is 0.225. The van der Waals surface area contributed by atoms with Crippen molar-refractivity contribution in [1.82, 2.24) is 15.5 Å². The number of carbonyl (C=O) groups excluding carboxylic acids is 3. The zero-order chi connectivity index (χ0) is 22.3. The highest BCUT2D eigenvalue weighted by Gasteiger charge is 2.38. The first-order valence-electron chi connectivity index (χ1n) is 9.25. The maximum absolute atomic E-state index is 12.7. The van der Waals surface area contributed by atoms with Gasteiger partial charge in [-0.05, 0) is 33.1 Å². The van der Waals surface area contributed by atoms with Crippen LogP contribution in [0.4, 0.5) is 0 Å². The second kappa shape index (κ2) is 10.7. The number of nitrogens with zero attached hydrogens (tertiary/aromatic N) is 1. The highest BCUT2D eigenvalue weighted by Crippen LogP contribution is 2.19. The highest BCUT2D eigenvalue weighted by molar-refractivity contribution is 5.94. The van der Waals surface area contributed by atoms with Crippen molar-refractivity contribution in [2.45, 2.75) is 69.8 Å². The molecule has 1 aliphatic rings. The van der Waals surface area contributed by atoms with Gasteiger partial charge in [0.25, 0.3) is 0 Å². The average molecular weight is 416 g/mol. The lowest BCUT2D eigenvalue weighted by atomic mass is 10.1. The molecule has 5 unspecified atom stereocenters. The molecule has 29 heavy (non-hydrogen) atoms. The van der Waals surface area contributed by atoms with Gasteiger partial charge in [-0.15, -0.1) is 0 Å². The molecule has 0 spiro atoms. The van der Waals surface area contributed by atoms with Crippen molar-refractivity contribution in [3.05, 3.63) is 0 Å². The Hall–Kier alpha value is -2.73. The molecule has 1 fully saturated rings. The van der Waals surface area contributed by atoms with E-state index in [9.17, 15) is 29.1 Å². The van der Waals surface area contributed by atoms with E-state index in [0.29, 0.717) is 12.8 Å². The molecule has 0 aromatic heterocycles. The average Bonchev–Trinajstić information content (AvgIpc) is 3.12. The van der Waals surface area contributed by atoms with Crippen LogP contribution < -0.4 is 16.4 Å². The van der Waals surface area contributed by atoms with Gasteiger partial charge in [-0.2, -0.15) is 0 Å². The number of nitrogens with two attached hydrogens (primary N) is 1. The minimum Gasteiger partial charge on any atom is -0.481 e. The number of likely N-dealkylation sites (tertiary alicyclic amines) is 1. The molecular weight excluding hydrogens is 388 g/mol. The number of carboxylic acids is 2. The van der Waals surface area contributed by atoms with Gasteiger partial charge in [-0.1, -0.05) is 0 Å². The molecule has 1 saturated heterocycles. The Morgan fingerprint density at radius 2 is 1.76 bits per heavy atom. The van der Waals surface area contributed by atoms with Crippen molar-refractivity contribution < 1.29 is 39.3 Å². The molecule has 5 atom stereocenters. The summed E-state index contributed by atoms with van der Waals surface area (Å²) in [7, 11) is 0. The number of aliphatic hydroxyl groups excluding tert-OH is 1. The zero-order valence-corrected chi connectivity index (χ0v) is 16.3. The standard InChI is InChI=1S/C17H28N4O8/c1-8(19-14(25)10(18)5-6-12(23)24)16(27)21-7-3-4-11(21)15(26)20-13(9(2)22)17(28)29/h8-11,13,22H,3-7,18H2,1-2H3,(H,19,25)(H,20,26)(H,23,24)(H,28,29). The molecule has 0 aromatic rings. The summed E-state index contributed by atoms with van der Waals surface area (Å²) in [5, 5.41) is 31.8. The maximum Gasteiger partial charge on any atom is 0.328 e. The van der Waals surface area contributed by atoms with Gasteiger partial charge in [0.1, 0.15) is 12.1 Å². The highest BCUT2D eigenvalue weighted by atomic mass is 16.4. The number of amides is 3. The van der Waals surface area contributed by atoms with E-state index in [1.54, 1.807) is 0 Å². The van der Waals surface area contributed by atoms with Crippen LogP contribution in [0, 0.1) is 0 Å². The molecule has 0 radical (unpaired) electrons. The normalized spacial score (nSPS) is 20.3. The lowest BCUT2D eigenvalue weighted by Gasteiger charge is -2.29. The Kier molecular flexibility index (Phi) is 8.98. The van der Waals surface area contributed by atoms with Crippen molar-refractivity contribution in [1.29, 1.82) is 0 Å². The van der Waals surface area contributed by atoms with E-state index in [1.807, 2.05) is 0 Å². The first kappa shape index (κ1) is 24.3. The predicted molar refractivity (Wildman–Crippen MR) is 98.4 cm³/mol. The van der Waals surface area contributed by atoms with Crippen molar-refractivity contribution in [2.75, 3.05) is 6.54 Å². The summed E-state index contributed by atoms with van der Waals surface area (Å²) in [6.45, 7) is 2.88. The van der Waals surface area contributed by atoms with E-state index in [2.05, 4.69) is 10.6 Å². The number of hydrogen-bond donors (Lipinski definition) is 6. The Bertz CT molecular complexity index is 653. The summed E-state index contributed by atoms with van der Waals surface area (Å²) in [6, 6.07) is -4.55. The van der Waals surface area contributed by atoms with Gasteiger partial charge in [0.05, 0.1) is 12.1 Å². The molecule has 1 heterocycles. The monoisotopic (exact) mass is 416 g/mol. The minimum absolute atomic E-state index is 0.0905. The summed E-state index contributed by atoms with van der Waals surface area (Å²) >= 11 is 0. The van der Waals surface area contributed by atoms with Crippen LogP contribution in [0.5, 0.6) is 0 Å². The molecular formula is C17H28N4O8. The van der Waals surface area contributed by atoms with E-state index >= 15 is 0 Å². The van der Waals surface area contributed by atoms with E-state index < -0.39 is 59.9 Å². The Balaban J connectivity index is 2.71. The Morgan fingerprint density at radius 3 is 2.28 bits per heavy atom. The molecule has 1 rings (SSSR count). The van der Waals surface area contributed by atoms with Crippen molar-refractivity contribution in [3.8, 4) is 0 Å². The van der Waals surface area contributed by atoms with Crippen LogP contribution in [-0.4, -0.2) is 86.7 Å². The summed E-state index contributed by atoms with van der Waals surface area (Å²) < 4.78 is 0. The van der Waals surface area contributed by atoms with E-state index in [1.165, 1.54) is 18.7 Å². The Labute approximate surface area is 167 Å². The van der Waals surface area contributed by atoms with E-state index in [0.717, 1.165) is 0 Å². The van der Waals surface area contributed by atoms with Crippen LogP contribution in [0.25, 0.3) is 0 Å². The topological polar surface area (TPSA) is 199 Å². The first-order chi connectivity index (χ1) is 13.5. The summed E-state index contributed by atoms with van der Waals surface area (Å²) in [6.07, 6.45) is -0.892. The van der Waals surface area contributed by atoms with Crippen LogP contribution >= 0.6 is 0 Å². The van der Waals surface area contributed by atoms with Gasteiger partial charge in [0.2, 0.25) is 17.7 Å². The lowest BCUT2D eigenvalue weighted by Crippen LogP contribution is -2.57. The molecule has 12 nitrogen and oxygen atoms in total. The summed E-state index contributed by atoms with van der Waals surface area (Å²) in [5.74, 6) is -4.45. The van der Waals surface area contributed by atoms with Crippen LogP contribution in [0.1, 0.15) is 39.5 Å². The molecule has 0 aromatic carbocycles. The number of nitrogens with one attached hydrogen (secondary N) is 2. The molecule has 7 N–H and O–H groups in total. The van der Waals surface area contributed by atoms with E-state index in [-0.39, 0.29) is 19.4 Å². The van der Waals surface area contributed by atoms with Gasteiger partial charge in [0.15, 0.2) is 6.04 Å². The second-order valence-electron chi connectivity index (χ2n) is 7.02. The summed E-state index contributed by atoms with van der Waals surface area (Å²) in [5.41, 5.74) is 5.61. The van der Waals surface area contributed by atoms with Crippen molar-refractivity contribution >= 4 is 29.7 Å². The molecule has 12 heteroatoms. The summed E-state index contributed by atoms with van der Waals surface area (Å²) in [4.78, 5) is 60.1. The molecule has 1 aliphatic heterocycles. The third-order valence-corrected chi connectivity index (χ3v) is 4.62. The van der Waals surface area contributed by atoms with Gasteiger partial charge in [-0.3, -0.25) is 19.2 Å². The Morgan fingerprint density at radius 1 is 1.14 bits per heavy atom. The number of hydrogen-bond acceptors (Lipinski definition) is 7. The fourth-order valence-electron chi connectivity index (χ4n) is 2.98. The van der Waals surface area contributed by atoms with Crippen LogP contribution in [0.3, 0.4) is 0 Å². The van der Waals surface area contributed by atoms with Gasteiger partial charge >= 0.3 is 11.9 Å².